The van der Waals surface area contributed by atoms with Gasteiger partial charge in [0.2, 0.25) is 0 Å². The van der Waals surface area contributed by atoms with Crippen molar-refractivity contribution in [2.75, 3.05) is 0 Å². The van der Waals surface area contributed by atoms with E-state index in [1.165, 1.54) is 0 Å². The van der Waals surface area contributed by atoms with Gasteiger partial charge in [0.05, 0.1) is 21.9 Å². The summed E-state index contributed by atoms with van der Waals surface area (Å²) in [7, 11) is 0. The van der Waals surface area contributed by atoms with Crippen LogP contribution in [-0.4, -0.2) is 0 Å². The summed E-state index contributed by atoms with van der Waals surface area (Å²) in [6, 6.07) is 11.9. The van der Waals surface area contributed by atoms with Crippen LogP contribution in [0.2, 0.25) is 0 Å². The molecule has 0 N–H and O–H groups in total. The molecule has 11 rings (SSSR count). The summed E-state index contributed by atoms with van der Waals surface area (Å²) < 4.78 is 154. The van der Waals surface area contributed by atoms with E-state index in [0.29, 0.717) is 22.3 Å². The van der Waals surface area contributed by atoms with E-state index in [4.69, 9.17) is 14.0 Å². The first-order valence-electron chi connectivity index (χ1n) is 23.6. The van der Waals surface area contributed by atoms with Gasteiger partial charge in [0.1, 0.15) is 11.2 Å². The van der Waals surface area contributed by atoms with E-state index in [2.05, 4.69) is 0 Å². The second kappa shape index (κ2) is 10.0. The molecule has 0 aliphatic heterocycles. The predicted octanol–water partition coefficient (Wildman–Crippen LogP) is 13.8. The highest BCUT2D eigenvalue weighted by Crippen LogP contribution is 2.47. The Morgan fingerprint density at radius 2 is 1.04 bits per heavy atom. The van der Waals surface area contributed by atoms with Crippen molar-refractivity contribution >= 4 is 75.8 Å². The zero-order valence-corrected chi connectivity index (χ0v) is 25.3. The standard InChI is InChI=1S/C48H28O/c1-2-9-29(10-3-1)46-38-14-4-5-15-39(38)47(34-22-24-37-36-13-6-7-16-43(36)49-44(37)28-34)42-27-33(21-26-41(42)46)35-23-19-32-18-17-30-11-8-12-31-20-25-40(35)48(32)45(30)31/h1-28H/i4D,5D,8D,11D,12D,14D,15D,17D,18D,19D,20D,21D,23D,25D,26D,27D. The van der Waals surface area contributed by atoms with Crippen molar-refractivity contribution in [3.8, 4) is 33.4 Å². The van der Waals surface area contributed by atoms with Gasteiger partial charge in [-0.05, 0) is 111 Å². The molecule has 11 aromatic rings. The Balaban J connectivity index is 1.43. The maximum Gasteiger partial charge on any atom is 0.136 e. The van der Waals surface area contributed by atoms with Gasteiger partial charge in [0.15, 0.2) is 0 Å². The monoisotopic (exact) mass is 636 g/mol. The summed E-state index contributed by atoms with van der Waals surface area (Å²) in [6.07, 6.45) is 0. The van der Waals surface area contributed by atoms with Crippen molar-refractivity contribution in [1.29, 1.82) is 0 Å². The van der Waals surface area contributed by atoms with Crippen molar-refractivity contribution in [2.45, 2.75) is 0 Å². The van der Waals surface area contributed by atoms with Crippen LogP contribution < -0.4 is 0 Å². The van der Waals surface area contributed by atoms with E-state index < -0.39 is 108 Å². The molecule has 0 saturated heterocycles. The number of benzene rings is 10. The van der Waals surface area contributed by atoms with Crippen molar-refractivity contribution in [1.82, 2.24) is 0 Å². The molecule has 1 heterocycles. The largest absolute Gasteiger partial charge is 0.456 e. The highest BCUT2D eigenvalue weighted by molar-refractivity contribution is 6.26. The third-order valence-corrected chi connectivity index (χ3v) is 9.29. The Morgan fingerprint density at radius 3 is 1.88 bits per heavy atom. The fourth-order valence-corrected chi connectivity index (χ4v) is 7.16. The molecule has 1 heteroatoms. The van der Waals surface area contributed by atoms with E-state index in [-0.39, 0.29) is 65.0 Å². The molecule has 0 radical (unpaired) electrons. The second-order valence-electron chi connectivity index (χ2n) is 11.9. The van der Waals surface area contributed by atoms with Crippen LogP contribution in [0.5, 0.6) is 0 Å². The summed E-state index contributed by atoms with van der Waals surface area (Å²) in [5.74, 6) is 0. The summed E-state index contributed by atoms with van der Waals surface area (Å²) in [5.41, 5.74) is 1.14. The number of fused-ring (bicyclic) bond motifs is 5. The van der Waals surface area contributed by atoms with Gasteiger partial charge < -0.3 is 4.42 Å². The van der Waals surface area contributed by atoms with Gasteiger partial charge in [0.25, 0.3) is 0 Å². The number of rotatable bonds is 3. The first-order chi connectivity index (χ1) is 31.0. The summed E-state index contributed by atoms with van der Waals surface area (Å²) in [4.78, 5) is 0. The fourth-order valence-electron chi connectivity index (χ4n) is 7.16. The number of para-hydroxylation sites is 1. The van der Waals surface area contributed by atoms with Gasteiger partial charge in [-0.3, -0.25) is 0 Å². The molecule has 1 nitrogen and oxygen atoms in total. The lowest BCUT2D eigenvalue weighted by molar-refractivity contribution is 0.669. The normalized spacial score (nSPS) is 16.7. The molecule has 0 bridgehead atoms. The van der Waals surface area contributed by atoms with E-state index in [1.54, 1.807) is 54.6 Å². The maximum absolute atomic E-state index is 10.3. The van der Waals surface area contributed by atoms with Gasteiger partial charge in [0, 0.05) is 10.8 Å². The van der Waals surface area contributed by atoms with Crippen LogP contribution in [0.4, 0.5) is 0 Å². The predicted molar refractivity (Wildman–Crippen MR) is 209 cm³/mol. The summed E-state index contributed by atoms with van der Waals surface area (Å²) in [6.45, 7) is 0. The fraction of sp³-hybridized carbons (Fsp3) is 0. The molecular formula is C48H28O. The van der Waals surface area contributed by atoms with E-state index in [1.807, 2.05) is 18.2 Å². The lowest BCUT2D eigenvalue weighted by Crippen LogP contribution is -1.92. The van der Waals surface area contributed by atoms with Crippen LogP contribution in [0.25, 0.3) is 109 Å². The maximum atomic E-state index is 10.3. The molecular weight excluding hydrogens is 593 g/mol. The highest BCUT2D eigenvalue weighted by atomic mass is 16.3. The first-order valence-corrected chi connectivity index (χ1v) is 15.6. The SMILES string of the molecule is [2H]c1c([2H])c([2H])c2c(-c3ccc4c(c3)oc3ccccc34)c3c([2H])c(-c4c([2H])c([2H])c5c([2H])c([2H])c6c([2H])c([2H])c([2H])c7c([2H])c([2H])c4c5c67)c([2H])c([2H])c3c(-c3ccccc3)c2c1[2H]. The molecule has 49 heavy (non-hydrogen) atoms. The third-order valence-electron chi connectivity index (χ3n) is 9.29. The minimum Gasteiger partial charge on any atom is -0.456 e. The summed E-state index contributed by atoms with van der Waals surface area (Å²) >= 11 is 0. The minimum absolute atomic E-state index is 0.00866. The minimum atomic E-state index is -0.688. The molecule has 10 aromatic carbocycles. The molecule has 0 aliphatic rings. The average Bonchev–Trinajstić information content (AvgIpc) is 3.68. The number of furan rings is 1. The van der Waals surface area contributed by atoms with Crippen LogP contribution in [0, 0.1) is 0 Å². The molecule has 0 atom stereocenters. The average molecular weight is 637 g/mol. The van der Waals surface area contributed by atoms with Gasteiger partial charge in [-0.2, -0.15) is 0 Å². The van der Waals surface area contributed by atoms with Crippen LogP contribution in [0.15, 0.2) is 174 Å². The van der Waals surface area contributed by atoms with Crippen molar-refractivity contribution in [2.24, 2.45) is 0 Å². The first kappa shape index (κ1) is 15.6. The topological polar surface area (TPSA) is 13.1 Å². The molecule has 1 aromatic heterocycles. The van der Waals surface area contributed by atoms with Crippen LogP contribution in [0.3, 0.4) is 0 Å². The molecule has 0 aliphatic carbocycles. The lowest BCUT2D eigenvalue weighted by Gasteiger charge is -2.19. The van der Waals surface area contributed by atoms with Crippen molar-refractivity contribution in [3.63, 3.8) is 0 Å². The molecule has 226 valence electrons. The lowest BCUT2D eigenvalue weighted by atomic mass is 9.84. The molecule has 0 amide bonds. The molecule has 0 spiro atoms. The molecule has 0 unspecified atom stereocenters. The zero-order valence-electron chi connectivity index (χ0n) is 41.3. The van der Waals surface area contributed by atoms with Crippen LogP contribution >= 0.6 is 0 Å². The second-order valence-corrected chi connectivity index (χ2v) is 11.9. The number of hydrogen-bond acceptors (Lipinski definition) is 1. The quantitative estimate of drug-likeness (QED) is 0.139. The molecule has 0 fully saturated rings. The Morgan fingerprint density at radius 1 is 0.388 bits per heavy atom. The Labute approximate surface area is 305 Å². The van der Waals surface area contributed by atoms with E-state index in [0.717, 1.165) is 10.8 Å². The summed E-state index contributed by atoms with van der Waals surface area (Å²) in [5, 5.41) is 0.119. The van der Waals surface area contributed by atoms with Gasteiger partial charge in [-0.15, -0.1) is 0 Å². The zero-order chi connectivity index (χ0) is 46.0. The molecule has 0 saturated carbocycles. The van der Waals surface area contributed by atoms with Crippen LogP contribution in [-0.2, 0) is 0 Å². The Kier molecular flexibility index (Phi) is 3.20. The van der Waals surface area contributed by atoms with Gasteiger partial charge in [-0.25, -0.2) is 0 Å². The van der Waals surface area contributed by atoms with Crippen molar-refractivity contribution in [3.05, 3.63) is 169 Å². The third kappa shape index (κ3) is 3.82. The van der Waals surface area contributed by atoms with Gasteiger partial charge >= 0.3 is 0 Å². The van der Waals surface area contributed by atoms with E-state index >= 15 is 0 Å². The smallest absolute Gasteiger partial charge is 0.136 e. The number of hydrogen-bond donors (Lipinski definition) is 0. The Bertz CT molecular complexity index is 3990. The van der Waals surface area contributed by atoms with E-state index in [9.17, 15) is 12.3 Å². The van der Waals surface area contributed by atoms with Gasteiger partial charge in [-0.1, -0.05) is 145 Å². The van der Waals surface area contributed by atoms with Crippen molar-refractivity contribution < 1.29 is 26.3 Å². The van der Waals surface area contributed by atoms with Crippen LogP contribution in [0.1, 0.15) is 21.9 Å². The highest BCUT2D eigenvalue weighted by Gasteiger charge is 2.20. The Hall–Kier alpha value is -6.44.